The third-order valence-corrected chi connectivity index (χ3v) is 3.56. The van der Waals surface area contributed by atoms with E-state index >= 15 is 0 Å². The molecule has 19 heavy (non-hydrogen) atoms. The minimum absolute atomic E-state index is 0.262. The van der Waals surface area contributed by atoms with Crippen molar-refractivity contribution in [3.05, 3.63) is 34.9 Å². The van der Waals surface area contributed by atoms with E-state index in [1.165, 1.54) is 11.1 Å². The summed E-state index contributed by atoms with van der Waals surface area (Å²) in [6.07, 6.45) is 0.682. The van der Waals surface area contributed by atoms with Crippen LogP contribution in [0.5, 0.6) is 0 Å². The summed E-state index contributed by atoms with van der Waals surface area (Å²) in [6, 6.07) is 5.74. The van der Waals surface area contributed by atoms with Gasteiger partial charge >= 0.3 is 5.97 Å². The number of carbonyl (C=O) groups excluding carboxylic acids is 1. The Morgan fingerprint density at radius 3 is 2.79 bits per heavy atom. The van der Waals surface area contributed by atoms with Gasteiger partial charge in [-0.05, 0) is 37.1 Å². The van der Waals surface area contributed by atoms with Crippen molar-refractivity contribution in [2.45, 2.75) is 39.0 Å². The SMILES string of the molecule is COC(C)(C)CCOC(=O)c1ccc2c(c1)CNC2. The maximum absolute atomic E-state index is 11.9. The topological polar surface area (TPSA) is 47.6 Å². The van der Waals surface area contributed by atoms with E-state index in [1.807, 2.05) is 32.0 Å². The zero-order chi connectivity index (χ0) is 13.9. The van der Waals surface area contributed by atoms with Crippen LogP contribution in [0.3, 0.4) is 0 Å². The second-order valence-electron chi connectivity index (χ2n) is 5.44. The Bertz CT molecular complexity index is 468. The van der Waals surface area contributed by atoms with Gasteiger partial charge in [-0.3, -0.25) is 0 Å². The van der Waals surface area contributed by atoms with Crippen LogP contribution >= 0.6 is 0 Å². The van der Waals surface area contributed by atoms with Crippen LogP contribution in [0.15, 0.2) is 18.2 Å². The molecule has 0 spiro atoms. The largest absolute Gasteiger partial charge is 0.462 e. The molecule has 4 nitrogen and oxygen atoms in total. The Morgan fingerprint density at radius 2 is 2.05 bits per heavy atom. The molecule has 1 N–H and O–H groups in total. The lowest BCUT2D eigenvalue weighted by Gasteiger charge is -2.22. The Balaban J connectivity index is 1.90. The highest BCUT2D eigenvalue weighted by atomic mass is 16.5. The minimum atomic E-state index is -0.262. The fourth-order valence-corrected chi connectivity index (χ4v) is 2.00. The average Bonchev–Trinajstić information content (AvgIpc) is 2.85. The number of carbonyl (C=O) groups is 1. The zero-order valence-corrected chi connectivity index (χ0v) is 11.8. The van der Waals surface area contributed by atoms with E-state index in [9.17, 15) is 4.79 Å². The molecule has 0 aromatic heterocycles. The summed E-state index contributed by atoms with van der Waals surface area (Å²) < 4.78 is 10.6. The molecule has 1 aliphatic rings. The molecule has 0 aliphatic carbocycles. The van der Waals surface area contributed by atoms with Crippen LogP contribution < -0.4 is 5.32 Å². The summed E-state index contributed by atoms with van der Waals surface area (Å²) >= 11 is 0. The molecule has 1 aromatic carbocycles. The van der Waals surface area contributed by atoms with E-state index in [4.69, 9.17) is 9.47 Å². The summed E-state index contributed by atoms with van der Waals surface area (Å²) in [7, 11) is 1.66. The smallest absolute Gasteiger partial charge is 0.338 e. The number of fused-ring (bicyclic) bond motifs is 1. The molecule has 4 heteroatoms. The van der Waals surface area contributed by atoms with Gasteiger partial charge in [-0.1, -0.05) is 6.07 Å². The molecular weight excluding hydrogens is 242 g/mol. The van der Waals surface area contributed by atoms with E-state index in [2.05, 4.69) is 5.32 Å². The first-order valence-electron chi connectivity index (χ1n) is 6.57. The molecule has 0 atom stereocenters. The fourth-order valence-electron chi connectivity index (χ4n) is 2.00. The van der Waals surface area contributed by atoms with Gasteiger partial charge in [0.2, 0.25) is 0 Å². The van der Waals surface area contributed by atoms with Crippen LogP contribution in [-0.2, 0) is 22.6 Å². The summed E-state index contributed by atoms with van der Waals surface area (Å²) in [6.45, 7) is 6.03. The molecule has 1 heterocycles. The van der Waals surface area contributed by atoms with Crippen molar-refractivity contribution < 1.29 is 14.3 Å². The summed E-state index contributed by atoms with van der Waals surface area (Å²) in [5.74, 6) is -0.262. The Kier molecular flexibility index (Phi) is 4.22. The maximum Gasteiger partial charge on any atom is 0.338 e. The highest BCUT2D eigenvalue weighted by Gasteiger charge is 2.18. The van der Waals surface area contributed by atoms with Crippen LogP contribution in [0.25, 0.3) is 0 Å². The van der Waals surface area contributed by atoms with Crippen molar-refractivity contribution in [3.63, 3.8) is 0 Å². The molecular formula is C15H21NO3. The van der Waals surface area contributed by atoms with Gasteiger partial charge in [0, 0.05) is 26.6 Å². The normalized spacial score (nSPS) is 14.3. The fraction of sp³-hybridized carbons (Fsp3) is 0.533. The van der Waals surface area contributed by atoms with Crippen molar-refractivity contribution in [2.75, 3.05) is 13.7 Å². The minimum Gasteiger partial charge on any atom is -0.462 e. The number of methoxy groups -OCH3 is 1. The van der Waals surface area contributed by atoms with E-state index in [-0.39, 0.29) is 11.6 Å². The molecule has 0 amide bonds. The number of hydrogen-bond acceptors (Lipinski definition) is 4. The Labute approximate surface area is 114 Å². The molecule has 0 bridgehead atoms. The van der Waals surface area contributed by atoms with Crippen LogP contribution in [0.4, 0.5) is 0 Å². The molecule has 0 saturated heterocycles. The molecule has 0 saturated carbocycles. The average molecular weight is 263 g/mol. The lowest BCUT2D eigenvalue weighted by molar-refractivity contribution is -0.00563. The molecule has 104 valence electrons. The summed E-state index contributed by atoms with van der Waals surface area (Å²) in [5, 5.41) is 3.26. The van der Waals surface area contributed by atoms with Crippen LogP contribution in [-0.4, -0.2) is 25.3 Å². The number of rotatable bonds is 5. The van der Waals surface area contributed by atoms with Crippen molar-refractivity contribution in [1.82, 2.24) is 5.32 Å². The number of ether oxygens (including phenoxy) is 2. The standard InChI is InChI=1S/C15H21NO3/c1-15(2,18-3)6-7-19-14(17)11-4-5-12-9-16-10-13(12)8-11/h4-5,8,16H,6-7,9-10H2,1-3H3. The van der Waals surface area contributed by atoms with E-state index in [0.717, 1.165) is 13.1 Å². The van der Waals surface area contributed by atoms with Gasteiger partial charge in [-0.2, -0.15) is 0 Å². The van der Waals surface area contributed by atoms with Crippen molar-refractivity contribution in [1.29, 1.82) is 0 Å². The van der Waals surface area contributed by atoms with E-state index < -0.39 is 0 Å². The van der Waals surface area contributed by atoms with Gasteiger partial charge in [0.25, 0.3) is 0 Å². The first kappa shape index (κ1) is 14.0. The Morgan fingerprint density at radius 1 is 1.32 bits per heavy atom. The summed E-state index contributed by atoms with van der Waals surface area (Å²) in [5.41, 5.74) is 2.81. The number of esters is 1. The lowest BCUT2D eigenvalue weighted by atomic mass is 10.1. The first-order valence-corrected chi connectivity index (χ1v) is 6.57. The first-order chi connectivity index (χ1) is 9.02. The van der Waals surface area contributed by atoms with Crippen LogP contribution in [0.1, 0.15) is 41.8 Å². The van der Waals surface area contributed by atoms with Crippen molar-refractivity contribution in [3.8, 4) is 0 Å². The second-order valence-corrected chi connectivity index (χ2v) is 5.44. The second kappa shape index (κ2) is 5.72. The van der Waals surface area contributed by atoms with Gasteiger partial charge in [0.05, 0.1) is 17.8 Å². The highest BCUT2D eigenvalue weighted by Crippen LogP contribution is 2.18. The zero-order valence-electron chi connectivity index (χ0n) is 11.8. The molecule has 2 rings (SSSR count). The van der Waals surface area contributed by atoms with Gasteiger partial charge in [0.15, 0.2) is 0 Å². The Hall–Kier alpha value is -1.39. The molecule has 0 radical (unpaired) electrons. The summed E-state index contributed by atoms with van der Waals surface area (Å²) in [4.78, 5) is 11.9. The third kappa shape index (κ3) is 3.55. The van der Waals surface area contributed by atoms with Gasteiger partial charge < -0.3 is 14.8 Å². The predicted molar refractivity (Wildman–Crippen MR) is 73.0 cm³/mol. The third-order valence-electron chi connectivity index (χ3n) is 3.56. The number of nitrogens with one attached hydrogen (secondary N) is 1. The lowest BCUT2D eigenvalue weighted by Crippen LogP contribution is -2.25. The van der Waals surface area contributed by atoms with E-state index in [1.54, 1.807) is 7.11 Å². The number of benzene rings is 1. The molecule has 0 unspecified atom stereocenters. The molecule has 1 aromatic rings. The predicted octanol–water partition coefficient (Wildman–Crippen LogP) is 2.26. The molecule has 1 aliphatic heterocycles. The van der Waals surface area contributed by atoms with Crippen LogP contribution in [0.2, 0.25) is 0 Å². The monoisotopic (exact) mass is 263 g/mol. The van der Waals surface area contributed by atoms with Gasteiger partial charge in [-0.25, -0.2) is 4.79 Å². The van der Waals surface area contributed by atoms with E-state index in [0.29, 0.717) is 18.6 Å². The van der Waals surface area contributed by atoms with Crippen molar-refractivity contribution in [2.24, 2.45) is 0 Å². The van der Waals surface area contributed by atoms with Gasteiger partial charge in [0.1, 0.15) is 0 Å². The van der Waals surface area contributed by atoms with Crippen molar-refractivity contribution >= 4 is 5.97 Å². The quantitative estimate of drug-likeness (QED) is 0.828. The highest BCUT2D eigenvalue weighted by molar-refractivity contribution is 5.89. The van der Waals surface area contributed by atoms with Gasteiger partial charge in [-0.15, -0.1) is 0 Å². The maximum atomic E-state index is 11.9. The number of hydrogen-bond donors (Lipinski definition) is 1. The van der Waals surface area contributed by atoms with Crippen LogP contribution in [0, 0.1) is 0 Å². The molecule has 0 fully saturated rings.